The summed E-state index contributed by atoms with van der Waals surface area (Å²) in [6.45, 7) is 0. The van der Waals surface area contributed by atoms with Crippen molar-refractivity contribution in [3.05, 3.63) is 0 Å². The maximum atomic E-state index is 1.50. The summed E-state index contributed by atoms with van der Waals surface area (Å²) < 4.78 is 0. The van der Waals surface area contributed by atoms with Crippen LogP contribution < -0.4 is 0 Å². The molecule has 1 aliphatic rings. The first-order chi connectivity index (χ1) is 3.00. The van der Waals surface area contributed by atoms with Crippen molar-refractivity contribution in [2.75, 3.05) is 0 Å². The van der Waals surface area contributed by atoms with Crippen molar-refractivity contribution in [3.63, 3.8) is 0 Å². The van der Waals surface area contributed by atoms with Crippen molar-refractivity contribution < 1.29 is 17.1 Å². The summed E-state index contributed by atoms with van der Waals surface area (Å²) in [4.78, 5) is 0. The Hall–Kier alpha value is 0.519. The van der Waals surface area contributed by atoms with Gasteiger partial charge in [0.1, 0.15) is 0 Å². The minimum Gasteiger partial charge on any atom is -0.0533 e. The average Bonchev–Trinajstić information content (AvgIpc) is 1.72. The van der Waals surface area contributed by atoms with Crippen LogP contribution in [-0.4, -0.2) is 0 Å². The minimum absolute atomic E-state index is 0. The number of rotatable bonds is 0. The molecule has 0 aromatic heterocycles. The average molecular weight is 148 g/mol. The van der Waals surface area contributed by atoms with Gasteiger partial charge < -0.3 is 0 Å². The molecule has 1 saturated carbocycles. The zero-order chi connectivity index (χ0) is 4.24. The summed E-state index contributed by atoms with van der Waals surface area (Å²) in [5.74, 6) is 0. The predicted octanol–water partition coefficient (Wildman–Crippen LogP) is 2.34. The second-order valence-corrected chi connectivity index (χ2v) is 2.12. The van der Waals surface area contributed by atoms with E-state index >= 15 is 0 Å². The van der Waals surface area contributed by atoms with E-state index in [0.29, 0.717) is 0 Å². The molecule has 0 nitrogen and oxygen atoms in total. The molecule has 1 aliphatic carbocycles. The molecule has 0 saturated heterocycles. The standard InChI is InChI=1S/C6H12.Cu/c1-2-4-6-5-3-1;/h1-6H2;. The SMILES string of the molecule is C1CCCCC1.[Cu]. The fraction of sp³-hybridized carbons (Fsp3) is 1.00. The van der Waals surface area contributed by atoms with Gasteiger partial charge in [0.05, 0.1) is 0 Å². The first-order valence-corrected chi connectivity index (χ1v) is 3.00. The molecule has 0 aromatic carbocycles. The monoisotopic (exact) mass is 147 g/mol. The van der Waals surface area contributed by atoms with E-state index in [9.17, 15) is 0 Å². The van der Waals surface area contributed by atoms with E-state index in [1.54, 1.807) is 0 Å². The van der Waals surface area contributed by atoms with Gasteiger partial charge in [0.15, 0.2) is 0 Å². The van der Waals surface area contributed by atoms with Crippen molar-refractivity contribution in [1.29, 1.82) is 0 Å². The molecule has 0 spiro atoms. The molecular weight excluding hydrogens is 136 g/mol. The molecule has 0 unspecified atom stereocenters. The molecule has 0 aromatic rings. The molecule has 1 radical (unpaired) electrons. The van der Waals surface area contributed by atoms with E-state index in [2.05, 4.69) is 0 Å². The second kappa shape index (κ2) is 4.67. The summed E-state index contributed by atoms with van der Waals surface area (Å²) in [5.41, 5.74) is 0. The van der Waals surface area contributed by atoms with Crippen molar-refractivity contribution >= 4 is 0 Å². The van der Waals surface area contributed by atoms with Crippen LogP contribution in [0.15, 0.2) is 0 Å². The zero-order valence-electron chi connectivity index (χ0n) is 4.54. The topological polar surface area (TPSA) is 0 Å². The van der Waals surface area contributed by atoms with Gasteiger partial charge in [0.25, 0.3) is 0 Å². The quantitative estimate of drug-likeness (QED) is 0.462. The van der Waals surface area contributed by atoms with E-state index in [-0.39, 0.29) is 17.1 Å². The summed E-state index contributed by atoms with van der Waals surface area (Å²) in [5, 5.41) is 0. The van der Waals surface area contributed by atoms with Crippen molar-refractivity contribution in [2.45, 2.75) is 38.5 Å². The van der Waals surface area contributed by atoms with Crippen LogP contribution in [0.25, 0.3) is 0 Å². The van der Waals surface area contributed by atoms with Crippen molar-refractivity contribution in [2.24, 2.45) is 0 Å². The van der Waals surface area contributed by atoms with E-state index in [4.69, 9.17) is 0 Å². The van der Waals surface area contributed by atoms with Gasteiger partial charge >= 0.3 is 0 Å². The molecule has 0 aliphatic heterocycles. The third-order valence-electron chi connectivity index (χ3n) is 1.50. The number of hydrogen-bond acceptors (Lipinski definition) is 0. The first-order valence-electron chi connectivity index (χ1n) is 3.00. The van der Waals surface area contributed by atoms with Crippen LogP contribution in [0.2, 0.25) is 0 Å². The number of hydrogen-bond donors (Lipinski definition) is 0. The third kappa shape index (κ3) is 3.13. The minimum atomic E-state index is 0. The van der Waals surface area contributed by atoms with Crippen LogP contribution in [0.1, 0.15) is 38.5 Å². The van der Waals surface area contributed by atoms with Gasteiger partial charge in [0, 0.05) is 17.1 Å². The Kier molecular flexibility index (Phi) is 5.02. The van der Waals surface area contributed by atoms with Crippen molar-refractivity contribution in [1.82, 2.24) is 0 Å². The van der Waals surface area contributed by atoms with Crippen LogP contribution in [0.4, 0.5) is 0 Å². The van der Waals surface area contributed by atoms with E-state index in [1.165, 1.54) is 38.5 Å². The van der Waals surface area contributed by atoms with Gasteiger partial charge in [-0.1, -0.05) is 38.5 Å². The van der Waals surface area contributed by atoms with Gasteiger partial charge in [-0.3, -0.25) is 0 Å². The largest absolute Gasteiger partial charge is 0.0533 e. The van der Waals surface area contributed by atoms with Gasteiger partial charge in [-0.25, -0.2) is 0 Å². The molecule has 0 bridgehead atoms. The Morgan fingerprint density at radius 3 is 0.714 bits per heavy atom. The molecule has 0 atom stereocenters. The fourth-order valence-electron chi connectivity index (χ4n) is 1.06. The van der Waals surface area contributed by atoms with Crippen LogP contribution >= 0.6 is 0 Å². The smallest absolute Gasteiger partial charge is 0 e. The second-order valence-electron chi connectivity index (χ2n) is 2.12. The van der Waals surface area contributed by atoms with E-state index < -0.39 is 0 Å². The molecular formula is C6H12Cu. The van der Waals surface area contributed by atoms with Gasteiger partial charge in [-0.2, -0.15) is 0 Å². The summed E-state index contributed by atoms with van der Waals surface area (Å²) >= 11 is 0. The molecule has 1 fully saturated rings. The predicted molar refractivity (Wildman–Crippen MR) is 27.7 cm³/mol. The maximum absolute atomic E-state index is 1.50. The Morgan fingerprint density at radius 1 is 0.429 bits per heavy atom. The molecule has 7 heavy (non-hydrogen) atoms. The van der Waals surface area contributed by atoms with Crippen LogP contribution in [0, 0.1) is 0 Å². The molecule has 0 heterocycles. The van der Waals surface area contributed by atoms with Gasteiger partial charge in [-0.05, 0) is 0 Å². The van der Waals surface area contributed by atoms with Gasteiger partial charge in [0.2, 0.25) is 0 Å². The van der Waals surface area contributed by atoms with Crippen LogP contribution in [0.5, 0.6) is 0 Å². The van der Waals surface area contributed by atoms with Crippen molar-refractivity contribution in [3.8, 4) is 0 Å². The molecule has 0 N–H and O–H groups in total. The zero-order valence-corrected chi connectivity index (χ0v) is 5.49. The Bertz CT molecular complexity index is 19.7. The Morgan fingerprint density at radius 2 is 0.571 bits per heavy atom. The summed E-state index contributed by atoms with van der Waals surface area (Å²) in [6, 6.07) is 0. The van der Waals surface area contributed by atoms with E-state index in [0.717, 1.165) is 0 Å². The van der Waals surface area contributed by atoms with Crippen LogP contribution in [-0.2, 0) is 17.1 Å². The Balaban J connectivity index is 0.000000360. The molecule has 47 valence electrons. The summed E-state index contributed by atoms with van der Waals surface area (Å²) in [6.07, 6.45) is 9.00. The Labute approximate surface area is 56.2 Å². The maximum Gasteiger partial charge on any atom is 0 e. The summed E-state index contributed by atoms with van der Waals surface area (Å²) in [7, 11) is 0. The molecule has 1 rings (SSSR count). The molecule has 1 heteroatoms. The normalized spacial score (nSPS) is 20.6. The third-order valence-corrected chi connectivity index (χ3v) is 1.50. The van der Waals surface area contributed by atoms with E-state index in [1.807, 2.05) is 0 Å². The van der Waals surface area contributed by atoms with Crippen LogP contribution in [0.3, 0.4) is 0 Å². The fourth-order valence-corrected chi connectivity index (χ4v) is 1.06. The van der Waals surface area contributed by atoms with Gasteiger partial charge in [-0.15, -0.1) is 0 Å². The first kappa shape index (κ1) is 7.52. The molecule has 0 amide bonds.